The predicted octanol–water partition coefficient (Wildman–Crippen LogP) is 4.60. The molecule has 4 rings (SSSR count). The van der Waals surface area contributed by atoms with Gasteiger partial charge in [0.05, 0.1) is 26.5 Å². The summed E-state index contributed by atoms with van der Waals surface area (Å²) >= 11 is 0. The number of aromatic nitrogens is 2. The molecule has 0 atom stereocenters. The van der Waals surface area contributed by atoms with Gasteiger partial charge in [-0.25, -0.2) is 9.97 Å². The molecule has 6 nitrogen and oxygen atoms in total. The van der Waals surface area contributed by atoms with Gasteiger partial charge in [0.15, 0.2) is 0 Å². The zero-order valence-electron chi connectivity index (χ0n) is 18.2. The molecule has 9 heteroatoms. The van der Waals surface area contributed by atoms with Crippen molar-refractivity contribution in [2.45, 2.75) is 44.7 Å². The van der Waals surface area contributed by atoms with Gasteiger partial charge in [0.25, 0.3) is 0 Å². The summed E-state index contributed by atoms with van der Waals surface area (Å²) in [5, 5.41) is 0. The summed E-state index contributed by atoms with van der Waals surface area (Å²) in [6.45, 7) is 2.78. The number of aryl methyl sites for hydroxylation is 2. The summed E-state index contributed by atoms with van der Waals surface area (Å²) in [5.74, 6) is 2.22. The molecule has 1 fully saturated rings. The molecule has 0 spiro atoms. The van der Waals surface area contributed by atoms with E-state index in [0.29, 0.717) is 29.8 Å². The highest BCUT2D eigenvalue weighted by molar-refractivity contribution is 5.55. The highest BCUT2D eigenvalue weighted by Crippen LogP contribution is 2.32. The SMILES string of the molecule is COc1cc(N2CCC(COc3cc4c(cn3)OCCC4)CC2)c(CCC(F)(F)F)cn1. The van der Waals surface area contributed by atoms with Gasteiger partial charge in [-0.1, -0.05) is 0 Å². The first-order valence-corrected chi connectivity index (χ1v) is 11.0. The van der Waals surface area contributed by atoms with Gasteiger partial charge >= 0.3 is 6.18 Å². The Morgan fingerprint density at radius 1 is 1.12 bits per heavy atom. The first kappa shape index (κ1) is 22.5. The Bertz CT molecular complexity index is 915. The molecule has 0 aromatic carbocycles. The van der Waals surface area contributed by atoms with Gasteiger partial charge < -0.3 is 19.1 Å². The molecule has 0 N–H and O–H groups in total. The van der Waals surface area contributed by atoms with Gasteiger partial charge in [-0.3, -0.25) is 0 Å². The third-order valence-electron chi connectivity index (χ3n) is 6.02. The number of hydrogen-bond donors (Lipinski definition) is 0. The Balaban J connectivity index is 1.34. The molecule has 0 saturated carbocycles. The summed E-state index contributed by atoms with van der Waals surface area (Å²) in [5.41, 5.74) is 2.50. The number of ether oxygens (including phenoxy) is 3. The number of alkyl halides is 3. The largest absolute Gasteiger partial charge is 0.492 e. The van der Waals surface area contributed by atoms with Crippen LogP contribution in [0.1, 0.15) is 36.8 Å². The van der Waals surface area contributed by atoms with Crippen LogP contribution in [0.2, 0.25) is 0 Å². The van der Waals surface area contributed by atoms with Crippen LogP contribution in [-0.2, 0) is 12.8 Å². The first-order valence-electron chi connectivity index (χ1n) is 11.0. The average Bonchev–Trinajstić information content (AvgIpc) is 2.81. The molecule has 0 unspecified atom stereocenters. The molecule has 0 aliphatic carbocycles. The standard InChI is InChI=1S/C23H28F3N3O3/c1-30-21-12-19(18(13-27-21)4-7-23(24,25)26)29-8-5-16(6-9-29)15-32-22-11-17-3-2-10-31-20(17)14-28-22/h11-14,16H,2-10,15H2,1H3. The third kappa shape index (κ3) is 5.75. The smallest absolute Gasteiger partial charge is 0.389 e. The zero-order chi connectivity index (χ0) is 22.6. The normalized spacial score (nSPS) is 16.9. The van der Waals surface area contributed by atoms with Gasteiger partial charge in [0.1, 0.15) is 5.75 Å². The van der Waals surface area contributed by atoms with Crippen LogP contribution >= 0.6 is 0 Å². The number of methoxy groups -OCH3 is 1. The first-order chi connectivity index (χ1) is 15.4. The summed E-state index contributed by atoms with van der Waals surface area (Å²) in [6.07, 6.45) is 1.82. The van der Waals surface area contributed by atoms with Crippen molar-refractivity contribution in [2.24, 2.45) is 5.92 Å². The minimum Gasteiger partial charge on any atom is -0.492 e. The van der Waals surface area contributed by atoms with Gasteiger partial charge in [0, 0.05) is 49.1 Å². The minimum atomic E-state index is -4.20. The summed E-state index contributed by atoms with van der Waals surface area (Å²) in [4.78, 5) is 10.6. The van der Waals surface area contributed by atoms with E-state index < -0.39 is 12.6 Å². The van der Waals surface area contributed by atoms with Gasteiger partial charge in [-0.2, -0.15) is 13.2 Å². The fraction of sp³-hybridized carbons (Fsp3) is 0.565. The fourth-order valence-electron chi connectivity index (χ4n) is 4.19. The van der Waals surface area contributed by atoms with Gasteiger partial charge in [0.2, 0.25) is 11.8 Å². The topological polar surface area (TPSA) is 56.7 Å². The minimum absolute atomic E-state index is 0.0907. The molecule has 32 heavy (non-hydrogen) atoms. The van der Waals surface area contributed by atoms with Crippen molar-refractivity contribution < 1.29 is 27.4 Å². The van der Waals surface area contributed by atoms with Crippen molar-refractivity contribution in [2.75, 3.05) is 38.3 Å². The molecule has 2 aliphatic rings. The molecular formula is C23H28F3N3O3. The van der Waals surface area contributed by atoms with Crippen LogP contribution in [0.25, 0.3) is 0 Å². The summed E-state index contributed by atoms with van der Waals surface area (Å²) in [7, 11) is 1.51. The Morgan fingerprint density at radius 2 is 1.91 bits per heavy atom. The van der Waals surface area contributed by atoms with E-state index in [-0.39, 0.29) is 6.42 Å². The number of piperidine rings is 1. The maximum absolute atomic E-state index is 12.7. The van der Waals surface area contributed by atoms with E-state index in [0.717, 1.165) is 62.4 Å². The molecule has 174 valence electrons. The summed E-state index contributed by atoms with van der Waals surface area (Å²) in [6, 6.07) is 3.70. The van der Waals surface area contributed by atoms with Crippen LogP contribution in [0, 0.1) is 5.92 Å². The third-order valence-corrected chi connectivity index (χ3v) is 6.02. The Labute approximate surface area is 185 Å². The zero-order valence-corrected chi connectivity index (χ0v) is 18.2. The molecular weight excluding hydrogens is 423 g/mol. The van der Waals surface area contributed by atoms with Crippen molar-refractivity contribution in [1.82, 2.24) is 9.97 Å². The second kappa shape index (κ2) is 9.83. The lowest BCUT2D eigenvalue weighted by atomic mass is 9.96. The quantitative estimate of drug-likeness (QED) is 0.613. The number of rotatable bonds is 7. The monoisotopic (exact) mass is 451 g/mol. The molecule has 1 saturated heterocycles. The highest BCUT2D eigenvalue weighted by Gasteiger charge is 2.28. The number of pyridine rings is 2. The second-order valence-electron chi connectivity index (χ2n) is 8.29. The van der Waals surface area contributed by atoms with E-state index in [1.165, 1.54) is 13.3 Å². The van der Waals surface area contributed by atoms with Gasteiger partial charge in [-0.05, 0) is 43.6 Å². The van der Waals surface area contributed by atoms with Crippen LogP contribution in [0.5, 0.6) is 17.5 Å². The lowest BCUT2D eigenvalue weighted by molar-refractivity contribution is -0.133. The molecule has 0 amide bonds. The Morgan fingerprint density at radius 3 is 2.66 bits per heavy atom. The van der Waals surface area contributed by atoms with E-state index >= 15 is 0 Å². The fourth-order valence-corrected chi connectivity index (χ4v) is 4.19. The summed E-state index contributed by atoms with van der Waals surface area (Å²) < 4.78 is 55.0. The van der Waals surface area contributed by atoms with E-state index in [4.69, 9.17) is 14.2 Å². The molecule has 2 aliphatic heterocycles. The molecule has 0 radical (unpaired) electrons. The van der Waals surface area contributed by atoms with E-state index in [2.05, 4.69) is 14.9 Å². The van der Waals surface area contributed by atoms with Crippen molar-refractivity contribution >= 4 is 5.69 Å². The van der Waals surface area contributed by atoms with E-state index in [1.807, 2.05) is 6.07 Å². The Hall–Kier alpha value is -2.71. The van der Waals surface area contributed by atoms with Crippen LogP contribution in [-0.4, -0.2) is 49.6 Å². The molecule has 2 aromatic heterocycles. The lowest BCUT2D eigenvalue weighted by Gasteiger charge is -2.34. The molecule has 4 heterocycles. The van der Waals surface area contributed by atoms with Crippen molar-refractivity contribution in [1.29, 1.82) is 0 Å². The van der Waals surface area contributed by atoms with E-state index in [9.17, 15) is 13.2 Å². The van der Waals surface area contributed by atoms with Crippen LogP contribution in [0.15, 0.2) is 24.5 Å². The number of anilines is 1. The van der Waals surface area contributed by atoms with Crippen molar-refractivity contribution in [3.05, 3.63) is 35.7 Å². The average molecular weight is 451 g/mol. The second-order valence-corrected chi connectivity index (χ2v) is 8.29. The van der Waals surface area contributed by atoms with Crippen molar-refractivity contribution in [3.8, 4) is 17.5 Å². The maximum atomic E-state index is 12.7. The predicted molar refractivity (Wildman–Crippen MR) is 114 cm³/mol. The van der Waals surface area contributed by atoms with Crippen LogP contribution in [0.4, 0.5) is 18.9 Å². The van der Waals surface area contributed by atoms with Crippen LogP contribution < -0.4 is 19.1 Å². The number of halogens is 3. The van der Waals surface area contributed by atoms with Crippen LogP contribution in [0.3, 0.4) is 0 Å². The number of hydrogen-bond acceptors (Lipinski definition) is 6. The number of nitrogens with zero attached hydrogens (tertiary/aromatic N) is 3. The lowest BCUT2D eigenvalue weighted by Crippen LogP contribution is -2.36. The number of fused-ring (bicyclic) bond motifs is 1. The van der Waals surface area contributed by atoms with E-state index in [1.54, 1.807) is 12.3 Å². The Kier molecular flexibility index (Phi) is 6.91. The molecule has 0 bridgehead atoms. The van der Waals surface area contributed by atoms with Gasteiger partial charge in [-0.15, -0.1) is 0 Å². The van der Waals surface area contributed by atoms with Crippen molar-refractivity contribution in [3.63, 3.8) is 0 Å². The molecule has 2 aromatic rings. The maximum Gasteiger partial charge on any atom is 0.389 e. The highest BCUT2D eigenvalue weighted by atomic mass is 19.4.